The minimum Gasteiger partial charge on any atom is -0.379 e. The van der Waals surface area contributed by atoms with Gasteiger partial charge in [-0.05, 0) is 11.8 Å². The second kappa shape index (κ2) is 8.64. The average Bonchev–Trinajstić information content (AvgIpc) is 2.08. The smallest absolute Gasteiger partial charge is 0.379 e. The Balaban J connectivity index is 2.99. The Kier molecular flexibility index (Phi) is 8.86. The monoisotopic (exact) mass is 251 g/mol. The van der Waals surface area contributed by atoms with E-state index in [4.69, 9.17) is 16.3 Å². The van der Waals surface area contributed by atoms with E-state index in [1.807, 2.05) is 0 Å². The van der Waals surface area contributed by atoms with Crippen LogP contribution in [0.1, 0.15) is 0 Å². The first kappa shape index (κ1) is 14.3. The van der Waals surface area contributed by atoms with Crippen LogP contribution in [0.4, 0.5) is 13.2 Å². The number of hydrogen-bond acceptors (Lipinski definition) is 3. The van der Waals surface area contributed by atoms with E-state index in [1.54, 1.807) is 0 Å². The van der Waals surface area contributed by atoms with Crippen LogP contribution in [-0.2, 0) is 4.74 Å². The summed E-state index contributed by atoms with van der Waals surface area (Å²) in [6.07, 6.45) is 0. The van der Waals surface area contributed by atoms with E-state index in [9.17, 15) is 13.2 Å². The molecule has 86 valence electrons. The maximum Gasteiger partial charge on any atom is 0.441 e. The molecule has 0 bridgehead atoms. The van der Waals surface area contributed by atoms with Crippen molar-refractivity contribution >= 4 is 23.4 Å². The number of rotatable bonds is 8. The molecule has 0 spiro atoms. The molecular formula is C7H13ClF3NOS. The van der Waals surface area contributed by atoms with Crippen molar-refractivity contribution in [3.8, 4) is 0 Å². The molecule has 0 aromatic rings. The summed E-state index contributed by atoms with van der Waals surface area (Å²) in [6, 6.07) is 0. The average molecular weight is 252 g/mol. The highest BCUT2D eigenvalue weighted by Crippen LogP contribution is 2.29. The molecule has 2 nitrogen and oxygen atoms in total. The predicted octanol–water partition coefficient (Wildman–Crippen LogP) is 2.08. The standard InChI is InChI=1S/C7H13ClF3NOS/c8-1-4-13-5-2-12-3-6-14-7(9,10)11/h12H,1-6H2. The van der Waals surface area contributed by atoms with E-state index in [1.165, 1.54) is 0 Å². The normalized spacial score (nSPS) is 12.0. The molecule has 0 heterocycles. The van der Waals surface area contributed by atoms with Gasteiger partial charge in [-0.1, -0.05) is 0 Å². The molecule has 0 fully saturated rings. The molecule has 7 heteroatoms. The minimum absolute atomic E-state index is 0.0226. The highest BCUT2D eigenvalue weighted by Gasteiger charge is 2.27. The molecule has 0 aliphatic heterocycles. The van der Waals surface area contributed by atoms with Crippen LogP contribution in [0.5, 0.6) is 0 Å². The Morgan fingerprint density at radius 3 is 2.50 bits per heavy atom. The van der Waals surface area contributed by atoms with Crippen LogP contribution in [0.2, 0.25) is 0 Å². The van der Waals surface area contributed by atoms with E-state index >= 15 is 0 Å². The quantitative estimate of drug-likeness (QED) is 0.527. The summed E-state index contributed by atoms with van der Waals surface area (Å²) >= 11 is 5.32. The van der Waals surface area contributed by atoms with Crippen molar-refractivity contribution in [1.29, 1.82) is 0 Å². The Morgan fingerprint density at radius 2 is 1.93 bits per heavy atom. The van der Waals surface area contributed by atoms with E-state index < -0.39 is 5.51 Å². The van der Waals surface area contributed by atoms with Crippen molar-refractivity contribution in [3.63, 3.8) is 0 Å². The third-order valence-electron chi connectivity index (χ3n) is 1.19. The van der Waals surface area contributed by atoms with Crippen molar-refractivity contribution in [2.45, 2.75) is 5.51 Å². The fourth-order valence-electron chi connectivity index (χ4n) is 0.665. The fourth-order valence-corrected chi connectivity index (χ4v) is 1.25. The minimum atomic E-state index is -4.13. The van der Waals surface area contributed by atoms with Gasteiger partial charge in [0.2, 0.25) is 0 Å². The van der Waals surface area contributed by atoms with Crippen LogP contribution < -0.4 is 5.32 Å². The second-order valence-corrected chi connectivity index (χ2v) is 3.88. The van der Waals surface area contributed by atoms with Gasteiger partial charge in [0.25, 0.3) is 0 Å². The first-order chi connectivity index (χ1) is 6.56. The molecule has 0 unspecified atom stereocenters. The topological polar surface area (TPSA) is 21.3 Å². The SMILES string of the molecule is FC(F)(F)SCCNCCOCCCl. The zero-order valence-electron chi connectivity index (χ0n) is 7.57. The van der Waals surface area contributed by atoms with Gasteiger partial charge in [-0.25, -0.2) is 0 Å². The van der Waals surface area contributed by atoms with Gasteiger partial charge in [0.1, 0.15) is 0 Å². The molecule has 0 saturated heterocycles. The lowest BCUT2D eigenvalue weighted by Gasteiger charge is -2.06. The van der Waals surface area contributed by atoms with Gasteiger partial charge in [0.05, 0.1) is 13.2 Å². The molecular weight excluding hydrogens is 239 g/mol. The van der Waals surface area contributed by atoms with Crippen molar-refractivity contribution in [2.24, 2.45) is 0 Å². The molecule has 0 aliphatic rings. The van der Waals surface area contributed by atoms with Gasteiger partial charge in [0, 0.05) is 24.7 Å². The number of hydrogen-bond donors (Lipinski definition) is 1. The molecule has 0 aliphatic carbocycles. The zero-order chi connectivity index (χ0) is 10.9. The number of ether oxygens (including phenoxy) is 1. The summed E-state index contributed by atoms with van der Waals surface area (Å²) in [5, 5.41) is 2.83. The van der Waals surface area contributed by atoms with Crippen LogP contribution in [-0.4, -0.2) is 43.4 Å². The van der Waals surface area contributed by atoms with Gasteiger partial charge in [0.15, 0.2) is 0 Å². The molecule has 0 radical (unpaired) electrons. The zero-order valence-corrected chi connectivity index (χ0v) is 9.14. The van der Waals surface area contributed by atoms with Gasteiger partial charge in [-0.3, -0.25) is 0 Å². The summed E-state index contributed by atoms with van der Waals surface area (Å²) in [6.45, 7) is 1.83. The summed E-state index contributed by atoms with van der Waals surface area (Å²) in [7, 11) is 0. The van der Waals surface area contributed by atoms with E-state index in [0.29, 0.717) is 32.2 Å². The Hall–Kier alpha value is 0.350. The third-order valence-corrected chi connectivity index (χ3v) is 2.08. The van der Waals surface area contributed by atoms with E-state index in [-0.39, 0.29) is 17.5 Å². The molecule has 0 saturated carbocycles. The second-order valence-electron chi connectivity index (χ2n) is 2.35. The van der Waals surface area contributed by atoms with Crippen molar-refractivity contribution in [2.75, 3.05) is 37.9 Å². The lowest BCUT2D eigenvalue weighted by molar-refractivity contribution is -0.0327. The number of alkyl halides is 4. The lowest BCUT2D eigenvalue weighted by Crippen LogP contribution is -2.23. The molecule has 0 atom stereocenters. The fraction of sp³-hybridized carbons (Fsp3) is 1.00. The van der Waals surface area contributed by atoms with Crippen LogP contribution in [0.15, 0.2) is 0 Å². The van der Waals surface area contributed by atoms with Gasteiger partial charge in [-0.15, -0.1) is 11.6 Å². The lowest BCUT2D eigenvalue weighted by atomic mass is 10.6. The molecule has 0 aromatic carbocycles. The predicted molar refractivity (Wildman–Crippen MR) is 52.9 cm³/mol. The Labute approximate surface area is 90.5 Å². The highest BCUT2D eigenvalue weighted by molar-refractivity contribution is 8.00. The van der Waals surface area contributed by atoms with E-state index in [2.05, 4.69) is 5.32 Å². The largest absolute Gasteiger partial charge is 0.441 e. The van der Waals surface area contributed by atoms with Gasteiger partial charge < -0.3 is 10.1 Å². The molecule has 0 rings (SSSR count). The number of halogens is 4. The van der Waals surface area contributed by atoms with Crippen molar-refractivity contribution in [3.05, 3.63) is 0 Å². The maximum absolute atomic E-state index is 11.6. The third kappa shape index (κ3) is 12.3. The van der Waals surface area contributed by atoms with Crippen LogP contribution in [0, 0.1) is 0 Å². The summed E-state index contributed by atoms with van der Waals surface area (Å²) in [5.74, 6) is 0.461. The Bertz CT molecular complexity index is 137. The maximum atomic E-state index is 11.6. The first-order valence-electron chi connectivity index (χ1n) is 4.11. The van der Waals surface area contributed by atoms with Crippen molar-refractivity contribution < 1.29 is 17.9 Å². The molecule has 14 heavy (non-hydrogen) atoms. The summed E-state index contributed by atoms with van der Waals surface area (Å²) in [5.41, 5.74) is -4.13. The number of nitrogens with one attached hydrogen (secondary N) is 1. The van der Waals surface area contributed by atoms with Gasteiger partial charge in [-0.2, -0.15) is 13.2 Å². The molecule has 0 amide bonds. The molecule has 1 N–H and O–H groups in total. The van der Waals surface area contributed by atoms with Crippen LogP contribution in [0.25, 0.3) is 0 Å². The van der Waals surface area contributed by atoms with Crippen LogP contribution >= 0.6 is 23.4 Å². The molecule has 0 aromatic heterocycles. The Morgan fingerprint density at radius 1 is 1.21 bits per heavy atom. The van der Waals surface area contributed by atoms with Crippen molar-refractivity contribution in [1.82, 2.24) is 5.32 Å². The van der Waals surface area contributed by atoms with Gasteiger partial charge >= 0.3 is 5.51 Å². The summed E-state index contributed by atoms with van der Waals surface area (Å²) in [4.78, 5) is 0. The van der Waals surface area contributed by atoms with Crippen LogP contribution in [0.3, 0.4) is 0 Å². The highest BCUT2D eigenvalue weighted by atomic mass is 35.5. The number of thioether (sulfide) groups is 1. The first-order valence-corrected chi connectivity index (χ1v) is 5.63. The van der Waals surface area contributed by atoms with E-state index in [0.717, 1.165) is 0 Å². The summed E-state index contributed by atoms with van der Waals surface area (Å²) < 4.78 is 39.9.